The third-order valence-electron chi connectivity index (χ3n) is 11.2. The van der Waals surface area contributed by atoms with Gasteiger partial charge in [0.25, 0.3) is 0 Å². The molecule has 2 nitrogen and oxygen atoms in total. The third-order valence-corrected chi connectivity index (χ3v) is 13.5. The second-order valence-corrected chi connectivity index (χ2v) is 18.5. The average molecular weight is 697 g/mol. The number of unbranched alkanes of at least 4 members (excludes halogenated alkanes) is 21. The number of rotatable bonds is 39. The van der Waals surface area contributed by atoms with Gasteiger partial charge in [0.05, 0.1) is 0 Å². The van der Waals surface area contributed by atoms with Crippen molar-refractivity contribution in [3.63, 3.8) is 0 Å². The molecule has 0 spiro atoms. The van der Waals surface area contributed by atoms with Gasteiger partial charge in [0, 0.05) is 30.6 Å². The predicted molar refractivity (Wildman–Crippen MR) is 221 cm³/mol. The van der Waals surface area contributed by atoms with Crippen LogP contribution in [0.3, 0.4) is 0 Å². The molecule has 0 heterocycles. The van der Waals surface area contributed by atoms with Crippen LogP contribution in [0.1, 0.15) is 213 Å². The van der Waals surface area contributed by atoms with E-state index in [0.717, 1.165) is 17.9 Å². The zero-order valence-electron chi connectivity index (χ0n) is 33.2. The van der Waals surface area contributed by atoms with Crippen molar-refractivity contribution in [1.29, 1.82) is 0 Å². The number of hydrogen-bond donors (Lipinski definition) is 0. The molecule has 3 unspecified atom stereocenters. The summed E-state index contributed by atoms with van der Waals surface area (Å²) in [5.74, 6) is 4.76. The molecule has 0 aromatic rings. The molecule has 0 N–H and O–H groups in total. The van der Waals surface area contributed by atoms with Gasteiger partial charge in [-0.2, -0.15) is 0 Å². The normalized spacial score (nSPS) is 16.9. The quantitative estimate of drug-likeness (QED) is 0.0466. The summed E-state index contributed by atoms with van der Waals surface area (Å²) in [4.78, 5) is 5.30. The molecule has 0 bridgehead atoms. The Balaban J connectivity index is 2.13. The summed E-state index contributed by atoms with van der Waals surface area (Å²) in [5, 5.41) is 0. The van der Waals surface area contributed by atoms with E-state index in [9.17, 15) is 0 Å². The van der Waals surface area contributed by atoms with Crippen molar-refractivity contribution in [2.24, 2.45) is 11.8 Å². The van der Waals surface area contributed by atoms with Crippen LogP contribution >= 0.6 is 21.6 Å². The fraction of sp³-hybridized carbons (Fsp3) is 1.00. The first-order valence-corrected chi connectivity index (χ1v) is 24.2. The van der Waals surface area contributed by atoms with E-state index in [-0.39, 0.29) is 0 Å². The van der Waals surface area contributed by atoms with Crippen LogP contribution in [0.4, 0.5) is 0 Å². The predicted octanol–water partition coefficient (Wildman–Crippen LogP) is 14.6. The summed E-state index contributed by atoms with van der Waals surface area (Å²) >= 11 is 0. The Morgan fingerprint density at radius 3 is 1.30 bits per heavy atom. The monoisotopic (exact) mass is 697 g/mol. The second kappa shape index (κ2) is 35.0. The molecule has 0 aliphatic heterocycles. The molecule has 4 heteroatoms. The zero-order chi connectivity index (χ0) is 34.0. The summed E-state index contributed by atoms with van der Waals surface area (Å²) in [5.41, 5.74) is 0. The zero-order valence-corrected chi connectivity index (χ0v) is 34.8. The van der Waals surface area contributed by atoms with Gasteiger partial charge >= 0.3 is 0 Å². The Kier molecular flexibility index (Phi) is 34.0. The molecule has 0 aromatic heterocycles. The lowest BCUT2D eigenvalue weighted by Crippen LogP contribution is -2.33. The van der Waals surface area contributed by atoms with Crippen LogP contribution in [0.15, 0.2) is 0 Å². The Labute approximate surface area is 306 Å². The molecular weight excluding hydrogens is 609 g/mol. The molecule has 47 heavy (non-hydrogen) atoms. The molecule has 1 fully saturated rings. The molecule has 1 rings (SSSR count). The molecule has 0 saturated heterocycles. The summed E-state index contributed by atoms with van der Waals surface area (Å²) < 4.78 is 0. The van der Waals surface area contributed by atoms with Gasteiger partial charge in [-0.05, 0) is 58.2 Å². The summed E-state index contributed by atoms with van der Waals surface area (Å²) in [6, 6.07) is 0.804. The summed E-state index contributed by atoms with van der Waals surface area (Å²) in [7, 11) is 8.99. The Hall–Kier alpha value is 0.620. The van der Waals surface area contributed by atoms with Gasteiger partial charge in [0.1, 0.15) is 0 Å². The van der Waals surface area contributed by atoms with E-state index in [1.807, 2.05) is 0 Å². The Bertz CT molecular complexity index is 617. The lowest BCUT2D eigenvalue weighted by atomic mass is 9.98. The van der Waals surface area contributed by atoms with E-state index in [2.05, 4.69) is 66.3 Å². The van der Waals surface area contributed by atoms with Gasteiger partial charge in [-0.3, -0.25) is 0 Å². The molecule has 0 amide bonds. The first-order chi connectivity index (χ1) is 23.1. The highest BCUT2D eigenvalue weighted by molar-refractivity contribution is 8.76. The Morgan fingerprint density at radius 2 is 0.830 bits per heavy atom. The molecular formula is C43H88N2S2. The van der Waals surface area contributed by atoms with Crippen LogP contribution in [0.2, 0.25) is 0 Å². The van der Waals surface area contributed by atoms with Crippen LogP contribution < -0.4 is 0 Å². The highest BCUT2D eigenvalue weighted by Gasteiger charge is 2.35. The van der Waals surface area contributed by atoms with Crippen LogP contribution in [-0.4, -0.2) is 61.1 Å². The van der Waals surface area contributed by atoms with E-state index in [4.69, 9.17) is 0 Å². The van der Waals surface area contributed by atoms with E-state index in [1.165, 1.54) is 211 Å². The number of hydrogen-bond acceptors (Lipinski definition) is 4. The highest BCUT2D eigenvalue weighted by atomic mass is 33.1. The third kappa shape index (κ3) is 30.0. The smallest absolute Gasteiger partial charge is 0.0165 e. The van der Waals surface area contributed by atoms with E-state index >= 15 is 0 Å². The van der Waals surface area contributed by atoms with Gasteiger partial charge in [0.2, 0.25) is 0 Å². The first-order valence-electron chi connectivity index (χ1n) is 21.7. The van der Waals surface area contributed by atoms with Crippen molar-refractivity contribution in [3.8, 4) is 0 Å². The molecule has 1 saturated carbocycles. The van der Waals surface area contributed by atoms with E-state index < -0.39 is 0 Å². The molecule has 0 radical (unpaired) electrons. The molecule has 3 atom stereocenters. The minimum Gasteiger partial charge on any atom is -0.306 e. The van der Waals surface area contributed by atoms with Crippen molar-refractivity contribution in [3.05, 3.63) is 0 Å². The Morgan fingerprint density at radius 1 is 0.447 bits per heavy atom. The lowest BCUT2D eigenvalue weighted by Gasteiger charge is -2.28. The highest BCUT2D eigenvalue weighted by Crippen LogP contribution is 2.45. The maximum absolute atomic E-state index is 2.74. The fourth-order valence-corrected chi connectivity index (χ4v) is 9.71. The van der Waals surface area contributed by atoms with Crippen molar-refractivity contribution < 1.29 is 0 Å². The minimum atomic E-state index is 0.804. The fourth-order valence-electron chi connectivity index (χ4n) is 7.57. The maximum atomic E-state index is 2.74. The largest absolute Gasteiger partial charge is 0.306 e. The van der Waals surface area contributed by atoms with Gasteiger partial charge in [0.15, 0.2) is 0 Å². The van der Waals surface area contributed by atoms with Gasteiger partial charge in [-0.15, -0.1) is 0 Å². The van der Waals surface area contributed by atoms with E-state index in [1.54, 1.807) is 12.8 Å². The van der Waals surface area contributed by atoms with E-state index in [0.29, 0.717) is 0 Å². The number of nitrogens with zero attached hydrogens (tertiary/aromatic N) is 2. The standard InChI is InChI=1S/C43H88N2S2/c1-6-9-12-15-18-23-28-33-43(34-29-24-20-22-27-32-42-40-41(42)31-26-21-17-14-11-8-3)45(5)37-39-47-46-38-36-44(4)35-30-25-19-16-13-10-7-2/h41-43H,6-40H2,1-5H3. The van der Waals surface area contributed by atoms with Crippen molar-refractivity contribution >= 4 is 21.6 Å². The van der Waals surface area contributed by atoms with Crippen molar-refractivity contribution in [2.75, 3.05) is 45.2 Å². The summed E-state index contributed by atoms with van der Waals surface area (Å²) in [6.07, 6.45) is 43.6. The molecule has 282 valence electrons. The lowest BCUT2D eigenvalue weighted by molar-refractivity contribution is 0.221. The van der Waals surface area contributed by atoms with Crippen LogP contribution in [0, 0.1) is 11.8 Å². The van der Waals surface area contributed by atoms with Gasteiger partial charge in [-0.25, -0.2) is 0 Å². The second-order valence-electron chi connectivity index (χ2n) is 15.8. The maximum Gasteiger partial charge on any atom is 0.0165 e. The summed E-state index contributed by atoms with van der Waals surface area (Å²) in [6.45, 7) is 10.7. The van der Waals surface area contributed by atoms with Crippen LogP contribution in [0.5, 0.6) is 0 Å². The minimum absolute atomic E-state index is 0.804. The van der Waals surface area contributed by atoms with Gasteiger partial charge < -0.3 is 9.80 Å². The first kappa shape index (κ1) is 45.6. The molecule has 0 aromatic carbocycles. The molecule has 1 aliphatic rings. The topological polar surface area (TPSA) is 6.48 Å². The molecule has 1 aliphatic carbocycles. The van der Waals surface area contributed by atoms with Crippen molar-refractivity contribution in [1.82, 2.24) is 9.80 Å². The average Bonchev–Trinajstić information content (AvgIpc) is 3.83. The SMILES string of the molecule is CCCCCCCCCC(CCCCCCCC1CC1CCCCCCCC)N(C)CCSSCCN(C)CCCCCCCCC. The van der Waals surface area contributed by atoms with Crippen molar-refractivity contribution in [2.45, 2.75) is 219 Å². The van der Waals surface area contributed by atoms with Gasteiger partial charge in [-0.1, -0.05) is 209 Å². The van der Waals surface area contributed by atoms with Crippen LogP contribution in [0.25, 0.3) is 0 Å². The van der Waals surface area contributed by atoms with Crippen LogP contribution in [-0.2, 0) is 0 Å².